The summed E-state index contributed by atoms with van der Waals surface area (Å²) >= 11 is 0. The zero-order valence-corrected chi connectivity index (χ0v) is 13.4. The number of nitrogens with one attached hydrogen (secondary N) is 1. The molecule has 112 valence electrons. The van der Waals surface area contributed by atoms with E-state index in [1.165, 1.54) is 17.7 Å². The van der Waals surface area contributed by atoms with Gasteiger partial charge in [0.1, 0.15) is 0 Å². The number of nitrogens with zero attached hydrogens (tertiary/aromatic N) is 2. The minimum Gasteiger partial charge on any atom is -0.369 e. The number of piperazine rings is 1. The molecule has 0 spiro atoms. The average Bonchev–Trinajstić information content (AvgIpc) is 2.46. The first kappa shape index (κ1) is 15.3. The highest BCUT2D eigenvalue weighted by Crippen LogP contribution is 2.20. The summed E-state index contributed by atoms with van der Waals surface area (Å²) in [5.74, 6) is 0. The third-order valence-corrected chi connectivity index (χ3v) is 4.26. The summed E-state index contributed by atoms with van der Waals surface area (Å²) in [5, 5.41) is 3.46. The molecule has 1 aliphatic rings. The van der Waals surface area contributed by atoms with Crippen LogP contribution in [-0.4, -0.2) is 43.7 Å². The molecule has 2 rings (SSSR count). The zero-order chi connectivity index (χ0) is 14.5. The van der Waals surface area contributed by atoms with E-state index < -0.39 is 0 Å². The molecular weight excluding hydrogens is 246 g/mol. The van der Waals surface area contributed by atoms with Crippen molar-refractivity contribution in [3.05, 3.63) is 29.8 Å². The van der Waals surface area contributed by atoms with Gasteiger partial charge >= 0.3 is 0 Å². The fraction of sp³-hybridized carbons (Fsp3) is 0.647. The maximum absolute atomic E-state index is 3.46. The predicted octanol–water partition coefficient (Wildman–Crippen LogP) is 2.72. The summed E-state index contributed by atoms with van der Waals surface area (Å²) in [4.78, 5) is 5.01. The molecule has 1 aromatic rings. The van der Waals surface area contributed by atoms with E-state index in [9.17, 15) is 0 Å². The molecule has 3 nitrogen and oxygen atoms in total. The normalized spacial score (nSPS) is 20.6. The highest BCUT2D eigenvalue weighted by atomic mass is 15.3. The molecule has 1 fully saturated rings. The molecule has 0 saturated carbocycles. The Balaban J connectivity index is 1.96. The third-order valence-electron chi connectivity index (χ3n) is 4.26. The summed E-state index contributed by atoms with van der Waals surface area (Å²) in [6, 6.07) is 10.3. The smallest absolute Gasteiger partial charge is 0.0367 e. The summed E-state index contributed by atoms with van der Waals surface area (Å²) in [6.07, 6.45) is 1.23. The fourth-order valence-electron chi connectivity index (χ4n) is 2.77. The lowest BCUT2D eigenvalue weighted by atomic mass is 10.1. The summed E-state index contributed by atoms with van der Waals surface area (Å²) in [6.45, 7) is 11.1. The van der Waals surface area contributed by atoms with E-state index in [1.807, 2.05) is 0 Å². The second kappa shape index (κ2) is 7.09. The fourth-order valence-corrected chi connectivity index (χ4v) is 2.77. The standard InChI is InChI=1S/C17H29N3/c1-5-16-13-20(11-10-19(16)4)17-8-6-15(7-9-17)12-18-14(2)3/h6-9,14,16,18H,5,10-13H2,1-4H3. The van der Waals surface area contributed by atoms with Crippen molar-refractivity contribution in [3.8, 4) is 0 Å². The van der Waals surface area contributed by atoms with Gasteiger partial charge in [-0.05, 0) is 31.2 Å². The number of hydrogen-bond donors (Lipinski definition) is 1. The molecule has 0 amide bonds. The van der Waals surface area contributed by atoms with Crippen molar-refractivity contribution >= 4 is 5.69 Å². The van der Waals surface area contributed by atoms with Crippen LogP contribution < -0.4 is 10.2 Å². The van der Waals surface area contributed by atoms with Crippen molar-refractivity contribution in [3.63, 3.8) is 0 Å². The molecular formula is C17H29N3. The van der Waals surface area contributed by atoms with Gasteiger partial charge in [-0.1, -0.05) is 32.9 Å². The minimum absolute atomic E-state index is 0.539. The van der Waals surface area contributed by atoms with Crippen molar-refractivity contribution in [2.45, 2.75) is 45.8 Å². The second-order valence-electron chi connectivity index (χ2n) is 6.19. The molecule has 20 heavy (non-hydrogen) atoms. The SMILES string of the molecule is CCC1CN(c2ccc(CNC(C)C)cc2)CCN1C. The van der Waals surface area contributed by atoms with Crippen LogP contribution in [0.4, 0.5) is 5.69 Å². The van der Waals surface area contributed by atoms with E-state index in [0.29, 0.717) is 12.1 Å². The van der Waals surface area contributed by atoms with Gasteiger partial charge in [-0.15, -0.1) is 0 Å². The maximum atomic E-state index is 3.46. The molecule has 1 unspecified atom stereocenters. The molecule has 0 bridgehead atoms. The van der Waals surface area contributed by atoms with Crippen LogP contribution in [0.15, 0.2) is 24.3 Å². The summed E-state index contributed by atoms with van der Waals surface area (Å²) in [7, 11) is 2.24. The van der Waals surface area contributed by atoms with Gasteiger partial charge in [0.25, 0.3) is 0 Å². The number of likely N-dealkylation sites (N-methyl/N-ethyl adjacent to an activating group) is 1. The van der Waals surface area contributed by atoms with Gasteiger partial charge in [-0.2, -0.15) is 0 Å². The first-order valence-corrected chi connectivity index (χ1v) is 7.87. The Labute approximate surface area is 124 Å². The lowest BCUT2D eigenvalue weighted by molar-refractivity contribution is 0.213. The lowest BCUT2D eigenvalue weighted by Gasteiger charge is -2.40. The van der Waals surface area contributed by atoms with Crippen molar-refractivity contribution in [2.24, 2.45) is 0 Å². The van der Waals surface area contributed by atoms with Gasteiger partial charge in [0, 0.05) is 44.0 Å². The quantitative estimate of drug-likeness (QED) is 0.891. The Morgan fingerprint density at radius 1 is 1.20 bits per heavy atom. The Kier molecular flexibility index (Phi) is 5.44. The average molecular weight is 275 g/mol. The molecule has 0 radical (unpaired) electrons. The minimum atomic E-state index is 0.539. The van der Waals surface area contributed by atoms with Crippen LogP contribution in [0.2, 0.25) is 0 Å². The Hall–Kier alpha value is -1.06. The maximum Gasteiger partial charge on any atom is 0.0367 e. The molecule has 1 aliphatic heterocycles. The van der Waals surface area contributed by atoms with Gasteiger partial charge in [0.15, 0.2) is 0 Å². The van der Waals surface area contributed by atoms with E-state index in [2.05, 4.69) is 67.2 Å². The Morgan fingerprint density at radius 3 is 2.50 bits per heavy atom. The summed E-state index contributed by atoms with van der Waals surface area (Å²) in [5.41, 5.74) is 2.73. The lowest BCUT2D eigenvalue weighted by Crippen LogP contribution is -2.51. The van der Waals surface area contributed by atoms with Crippen LogP contribution in [0, 0.1) is 0 Å². The van der Waals surface area contributed by atoms with E-state index in [0.717, 1.165) is 26.2 Å². The number of hydrogen-bond acceptors (Lipinski definition) is 3. The topological polar surface area (TPSA) is 18.5 Å². The Morgan fingerprint density at radius 2 is 1.90 bits per heavy atom. The van der Waals surface area contributed by atoms with E-state index >= 15 is 0 Å². The largest absolute Gasteiger partial charge is 0.369 e. The van der Waals surface area contributed by atoms with Crippen LogP contribution in [0.25, 0.3) is 0 Å². The van der Waals surface area contributed by atoms with E-state index in [-0.39, 0.29) is 0 Å². The highest BCUT2D eigenvalue weighted by molar-refractivity contribution is 5.48. The van der Waals surface area contributed by atoms with Gasteiger partial charge in [-0.3, -0.25) is 4.90 Å². The molecule has 1 heterocycles. The summed E-state index contributed by atoms with van der Waals surface area (Å²) < 4.78 is 0. The van der Waals surface area contributed by atoms with Crippen molar-refractivity contribution in [1.82, 2.24) is 10.2 Å². The van der Waals surface area contributed by atoms with Gasteiger partial charge in [-0.25, -0.2) is 0 Å². The monoisotopic (exact) mass is 275 g/mol. The van der Waals surface area contributed by atoms with Crippen LogP contribution in [0.3, 0.4) is 0 Å². The Bertz CT molecular complexity index is 399. The predicted molar refractivity (Wildman–Crippen MR) is 87.3 cm³/mol. The van der Waals surface area contributed by atoms with Gasteiger partial charge < -0.3 is 10.2 Å². The molecule has 3 heteroatoms. The number of anilines is 1. The van der Waals surface area contributed by atoms with Crippen LogP contribution in [-0.2, 0) is 6.54 Å². The first-order chi connectivity index (χ1) is 9.60. The molecule has 1 aromatic carbocycles. The molecule has 0 aromatic heterocycles. The first-order valence-electron chi connectivity index (χ1n) is 7.87. The van der Waals surface area contributed by atoms with E-state index in [4.69, 9.17) is 0 Å². The molecule has 1 atom stereocenters. The zero-order valence-electron chi connectivity index (χ0n) is 13.4. The van der Waals surface area contributed by atoms with E-state index in [1.54, 1.807) is 0 Å². The number of benzene rings is 1. The van der Waals surface area contributed by atoms with Crippen LogP contribution >= 0.6 is 0 Å². The third kappa shape index (κ3) is 3.97. The highest BCUT2D eigenvalue weighted by Gasteiger charge is 2.22. The second-order valence-corrected chi connectivity index (χ2v) is 6.19. The van der Waals surface area contributed by atoms with Gasteiger partial charge in [0.2, 0.25) is 0 Å². The van der Waals surface area contributed by atoms with Crippen LogP contribution in [0.1, 0.15) is 32.8 Å². The van der Waals surface area contributed by atoms with Crippen LogP contribution in [0.5, 0.6) is 0 Å². The van der Waals surface area contributed by atoms with Crippen molar-refractivity contribution in [1.29, 1.82) is 0 Å². The van der Waals surface area contributed by atoms with Crippen molar-refractivity contribution in [2.75, 3.05) is 31.6 Å². The number of rotatable bonds is 5. The molecule has 1 N–H and O–H groups in total. The molecule has 0 aliphatic carbocycles. The molecule has 1 saturated heterocycles. The van der Waals surface area contributed by atoms with Crippen molar-refractivity contribution < 1.29 is 0 Å². The van der Waals surface area contributed by atoms with Gasteiger partial charge in [0.05, 0.1) is 0 Å².